The Morgan fingerprint density at radius 3 is 2.59 bits per heavy atom. The number of methoxy groups -OCH3 is 1. The van der Waals surface area contributed by atoms with Gasteiger partial charge in [-0.3, -0.25) is 9.88 Å². The Kier molecular flexibility index (Phi) is 8.22. The second kappa shape index (κ2) is 12.0. The highest BCUT2D eigenvalue weighted by atomic mass is 35.5. The van der Waals surface area contributed by atoms with Crippen LogP contribution in [0.25, 0.3) is 21.7 Å². The summed E-state index contributed by atoms with van der Waals surface area (Å²) in [4.78, 5) is 7.02. The first kappa shape index (κ1) is 26.8. The molecule has 8 nitrogen and oxygen atoms in total. The van der Waals surface area contributed by atoms with Crippen molar-refractivity contribution in [1.29, 1.82) is 5.26 Å². The van der Waals surface area contributed by atoms with Gasteiger partial charge in [-0.2, -0.15) is 5.26 Å². The summed E-state index contributed by atoms with van der Waals surface area (Å²) in [5.74, 6) is 1.94. The molecule has 1 N–H and O–H groups in total. The maximum atomic E-state index is 9.89. The van der Waals surface area contributed by atoms with E-state index in [0.717, 1.165) is 65.8 Å². The highest BCUT2D eigenvalue weighted by molar-refractivity contribution is 6.32. The lowest BCUT2D eigenvalue weighted by Gasteiger charge is -2.26. The average molecular weight is 547 g/mol. The smallest absolute Gasteiger partial charge is 0.169 e. The number of morpholine rings is 1. The molecule has 0 bridgehead atoms. The molecule has 3 aromatic carbocycles. The number of hydrogen-bond acceptors (Lipinski definition) is 8. The number of halogens is 1. The molecule has 0 amide bonds. The maximum Gasteiger partial charge on any atom is 0.169 e. The fourth-order valence-electron chi connectivity index (χ4n) is 4.84. The van der Waals surface area contributed by atoms with Gasteiger partial charge in [0, 0.05) is 53.7 Å². The summed E-state index contributed by atoms with van der Waals surface area (Å²) in [6.45, 7) is 9.15. The third-order valence-corrected chi connectivity index (χ3v) is 7.18. The number of fused-ring (bicyclic) bond motifs is 3. The van der Waals surface area contributed by atoms with E-state index in [1.54, 1.807) is 13.3 Å². The Hall–Kier alpha value is -3.77. The lowest BCUT2D eigenvalue weighted by Crippen LogP contribution is -2.38. The number of anilines is 2. The van der Waals surface area contributed by atoms with E-state index in [1.807, 2.05) is 50.2 Å². The Bertz CT molecular complexity index is 1550. The van der Waals surface area contributed by atoms with Gasteiger partial charge < -0.3 is 24.3 Å². The van der Waals surface area contributed by atoms with Gasteiger partial charge in [0.1, 0.15) is 18.4 Å². The normalized spacial score (nSPS) is 13.8. The van der Waals surface area contributed by atoms with Gasteiger partial charge in [0.05, 0.1) is 48.7 Å². The van der Waals surface area contributed by atoms with Crippen molar-refractivity contribution in [3.05, 3.63) is 58.7 Å². The second-order valence-electron chi connectivity index (χ2n) is 9.27. The van der Waals surface area contributed by atoms with E-state index in [0.29, 0.717) is 46.7 Å². The molecule has 0 unspecified atom stereocenters. The summed E-state index contributed by atoms with van der Waals surface area (Å²) in [7, 11) is 1.57. The number of nitriles is 1. The molecule has 1 aliphatic rings. The van der Waals surface area contributed by atoms with Crippen LogP contribution in [0.2, 0.25) is 5.02 Å². The molecule has 9 heteroatoms. The van der Waals surface area contributed by atoms with Crippen molar-refractivity contribution >= 4 is 44.7 Å². The number of nitrogens with one attached hydrogen (secondary N) is 1. The number of ether oxygens (including phenoxy) is 4. The largest absolute Gasteiger partial charge is 0.495 e. The Morgan fingerprint density at radius 2 is 1.85 bits per heavy atom. The lowest BCUT2D eigenvalue weighted by molar-refractivity contribution is 0.0321. The third kappa shape index (κ3) is 5.52. The van der Waals surface area contributed by atoms with Gasteiger partial charge in [0.15, 0.2) is 11.5 Å². The van der Waals surface area contributed by atoms with Crippen molar-refractivity contribution in [1.82, 2.24) is 9.88 Å². The van der Waals surface area contributed by atoms with Crippen molar-refractivity contribution in [2.45, 2.75) is 13.8 Å². The fraction of sp³-hybridized carbons (Fsp3) is 0.333. The number of rotatable bonds is 9. The highest BCUT2D eigenvalue weighted by Gasteiger charge is 2.18. The zero-order valence-electron chi connectivity index (χ0n) is 22.3. The molecule has 1 aromatic heterocycles. The molecule has 2 heterocycles. The zero-order chi connectivity index (χ0) is 27.4. The monoisotopic (exact) mass is 546 g/mol. The predicted molar refractivity (Wildman–Crippen MR) is 154 cm³/mol. The number of hydrogen-bond donors (Lipinski definition) is 1. The van der Waals surface area contributed by atoms with E-state index < -0.39 is 0 Å². The number of aromatic nitrogens is 1. The first-order valence-electron chi connectivity index (χ1n) is 13.0. The Labute approximate surface area is 233 Å². The van der Waals surface area contributed by atoms with Gasteiger partial charge in [-0.1, -0.05) is 11.6 Å². The van der Waals surface area contributed by atoms with Gasteiger partial charge in [-0.15, -0.1) is 0 Å². The van der Waals surface area contributed by atoms with Crippen LogP contribution in [0.4, 0.5) is 11.4 Å². The van der Waals surface area contributed by atoms with Crippen LogP contribution >= 0.6 is 11.6 Å². The molecule has 0 atom stereocenters. The van der Waals surface area contributed by atoms with Gasteiger partial charge >= 0.3 is 0 Å². The topological polar surface area (TPSA) is 88.9 Å². The van der Waals surface area contributed by atoms with Crippen molar-refractivity contribution in [3.63, 3.8) is 0 Å². The molecular formula is C30H31ClN4O4. The van der Waals surface area contributed by atoms with Crippen LogP contribution < -0.4 is 19.5 Å². The first-order valence-corrected chi connectivity index (χ1v) is 13.4. The molecule has 1 aliphatic heterocycles. The summed E-state index contributed by atoms with van der Waals surface area (Å²) >= 11 is 6.30. The maximum absolute atomic E-state index is 9.89. The Morgan fingerprint density at radius 1 is 1.08 bits per heavy atom. The summed E-state index contributed by atoms with van der Waals surface area (Å²) in [5.41, 5.74) is 3.57. The molecule has 39 heavy (non-hydrogen) atoms. The SMILES string of the molecule is CCOc1c(OCCN2CCOCC2)ccc2c1ccc1c(Nc3cc(OC)c(Cl)cc3C)c(C#N)cnc12. The van der Waals surface area contributed by atoms with Crippen LogP contribution in [-0.2, 0) is 4.74 Å². The summed E-state index contributed by atoms with van der Waals surface area (Å²) in [6.07, 6.45) is 1.60. The standard InChI is InChI=1S/C30H31ClN4O4/c1-4-38-30-22-5-6-23-28(34-25-16-27(36-3)24(31)15-19(25)2)20(17-32)18-33-29(23)21(22)7-8-26(30)39-14-11-35-9-12-37-13-10-35/h5-8,15-16,18H,4,9-14H2,1-3H3,(H,33,34). The van der Waals surface area contributed by atoms with Crippen molar-refractivity contribution in [2.24, 2.45) is 0 Å². The number of nitrogens with zero attached hydrogens (tertiary/aromatic N) is 3. The van der Waals surface area contributed by atoms with Gasteiger partial charge in [0.25, 0.3) is 0 Å². The van der Waals surface area contributed by atoms with Crippen molar-refractivity contribution in [2.75, 3.05) is 58.5 Å². The van der Waals surface area contributed by atoms with Gasteiger partial charge in [-0.05, 0) is 49.7 Å². The van der Waals surface area contributed by atoms with E-state index in [4.69, 9.17) is 30.5 Å². The quantitative estimate of drug-likeness (QED) is 0.252. The van der Waals surface area contributed by atoms with E-state index in [1.165, 1.54) is 0 Å². The van der Waals surface area contributed by atoms with Crippen molar-refractivity contribution < 1.29 is 18.9 Å². The van der Waals surface area contributed by atoms with Crippen LogP contribution in [-0.4, -0.2) is 63.1 Å². The molecule has 202 valence electrons. The van der Waals surface area contributed by atoms with E-state index in [9.17, 15) is 5.26 Å². The van der Waals surface area contributed by atoms with Crippen LogP contribution in [0.15, 0.2) is 42.6 Å². The molecule has 1 fully saturated rings. The molecular weight excluding hydrogens is 516 g/mol. The highest BCUT2D eigenvalue weighted by Crippen LogP contribution is 2.41. The minimum Gasteiger partial charge on any atom is -0.495 e. The van der Waals surface area contributed by atoms with Gasteiger partial charge in [-0.25, -0.2) is 0 Å². The van der Waals surface area contributed by atoms with Crippen LogP contribution in [0.3, 0.4) is 0 Å². The van der Waals surface area contributed by atoms with Crippen LogP contribution in [0.5, 0.6) is 17.2 Å². The second-order valence-corrected chi connectivity index (χ2v) is 9.68. The van der Waals surface area contributed by atoms with E-state index in [2.05, 4.69) is 21.3 Å². The third-order valence-electron chi connectivity index (χ3n) is 6.88. The van der Waals surface area contributed by atoms with Gasteiger partial charge in [0.2, 0.25) is 0 Å². The van der Waals surface area contributed by atoms with Crippen molar-refractivity contribution in [3.8, 4) is 23.3 Å². The molecule has 0 saturated carbocycles. The molecule has 0 aliphatic carbocycles. The molecule has 5 rings (SSSR count). The van der Waals surface area contributed by atoms with E-state index >= 15 is 0 Å². The zero-order valence-corrected chi connectivity index (χ0v) is 23.1. The molecule has 4 aromatic rings. The summed E-state index contributed by atoms with van der Waals surface area (Å²) < 4.78 is 23.1. The predicted octanol–water partition coefficient (Wildman–Crippen LogP) is 6.08. The average Bonchev–Trinajstić information content (AvgIpc) is 2.95. The molecule has 1 saturated heterocycles. The minimum atomic E-state index is 0.434. The Balaban J connectivity index is 1.54. The molecule has 0 radical (unpaired) electrons. The number of benzene rings is 3. The first-order chi connectivity index (χ1) is 19.0. The van der Waals surface area contributed by atoms with Crippen LogP contribution in [0, 0.1) is 18.3 Å². The lowest BCUT2D eigenvalue weighted by atomic mass is 10.0. The number of aryl methyl sites for hydroxylation is 1. The van der Waals surface area contributed by atoms with E-state index in [-0.39, 0.29) is 0 Å². The fourth-order valence-corrected chi connectivity index (χ4v) is 5.13. The number of pyridine rings is 1. The summed E-state index contributed by atoms with van der Waals surface area (Å²) in [6, 6.07) is 13.8. The van der Waals surface area contributed by atoms with Crippen LogP contribution in [0.1, 0.15) is 18.1 Å². The molecule has 0 spiro atoms. The summed E-state index contributed by atoms with van der Waals surface area (Å²) in [5, 5.41) is 16.5. The minimum absolute atomic E-state index is 0.434.